The third-order valence-corrected chi connectivity index (χ3v) is 4.74. The van der Waals surface area contributed by atoms with Gasteiger partial charge in [-0.3, -0.25) is 4.79 Å². The standard InChI is InChI=1S/C18H25N3O3/c19-12-17(22)20-10-8-16(9-11-20)21(15-6-7-15)18(23)24-13-14-4-2-1-3-5-14/h1-5,15-16H,6-13,19H2. The Morgan fingerprint density at radius 3 is 2.29 bits per heavy atom. The van der Waals surface area contributed by atoms with Crippen molar-refractivity contribution in [3.8, 4) is 0 Å². The number of rotatable bonds is 5. The zero-order valence-corrected chi connectivity index (χ0v) is 13.9. The van der Waals surface area contributed by atoms with Crippen LogP contribution in [-0.2, 0) is 16.1 Å². The van der Waals surface area contributed by atoms with Crippen LogP contribution >= 0.6 is 0 Å². The van der Waals surface area contributed by atoms with Gasteiger partial charge in [-0.15, -0.1) is 0 Å². The summed E-state index contributed by atoms with van der Waals surface area (Å²) in [4.78, 5) is 27.9. The Morgan fingerprint density at radius 1 is 1.08 bits per heavy atom. The van der Waals surface area contributed by atoms with Crippen molar-refractivity contribution < 1.29 is 14.3 Å². The number of piperidine rings is 1. The Morgan fingerprint density at radius 2 is 1.71 bits per heavy atom. The van der Waals surface area contributed by atoms with Gasteiger partial charge in [0.15, 0.2) is 0 Å². The van der Waals surface area contributed by atoms with Crippen LogP contribution in [0, 0.1) is 0 Å². The summed E-state index contributed by atoms with van der Waals surface area (Å²) >= 11 is 0. The second-order valence-corrected chi connectivity index (χ2v) is 6.49. The van der Waals surface area contributed by atoms with E-state index in [-0.39, 0.29) is 24.6 Å². The van der Waals surface area contributed by atoms with Gasteiger partial charge in [0.25, 0.3) is 0 Å². The molecule has 130 valence electrons. The summed E-state index contributed by atoms with van der Waals surface area (Å²) in [5.74, 6) is -0.0157. The van der Waals surface area contributed by atoms with E-state index in [1.807, 2.05) is 35.2 Å². The molecule has 2 N–H and O–H groups in total. The lowest BCUT2D eigenvalue weighted by molar-refractivity contribution is -0.131. The molecular weight excluding hydrogens is 306 g/mol. The molecule has 3 rings (SSSR count). The molecule has 0 bridgehead atoms. The summed E-state index contributed by atoms with van der Waals surface area (Å²) < 4.78 is 5.53. The predicted molar refractivity (Wildman–Crippen MR) is 90.1 cm³/mol. The minimum absolute atomic E-state index is 0.0157. The van der Waals surface area contributed by atoms with Crippen LogP contribution in [0.4, 0.5) is 4.79 Å². The van der Waals surface area contributed by atoms with E-state index >= 15 is 0 Å². The highest BCUT2D eigenvalue weighted by molar-refractivity contribution is 5.78. The number of likely N-dealkylation sites (tertiary alicyclic amines) is 1. The maximum atomic E-state index is 12.6. The lowest BCUT2D eigenvalue weighted by Crippen LogP contribution is -2.50. The molecule has 0 atom stereocenters. The van der Waals surface area contributed by atoms with Crippen LogP contribution in [0.1, 0.15) is 31.2 Å². The van der Waals surface area contributed by atoms with Crippen molar-refractivity contribution in [2.24, 2.45) is 5.73 Å². The summed E-state index contributed by atoms with van der Waals surface area (Å²) in [6, 6.07) is 10.2. The molecule has 6 heteroatoms. The van der Waals surface area contributed by atoms with Crippen molar-refractivity contribution in [3.63, 3.8) is 0 Å². The molecule has 0 unspecified atom stereocenters. The van der Waals surface area contributed by atoms with Gasteiger partial charge in [-0.25, -0.2) is 4.79 Å². The van der Waals surface area contributed by atoms with Gasteiger partial charge >= 0.3 is 6.09 Å². The molecule has 1 aliphatic heterocycles. The molecule has 1 aromatic rings. The van der Waals surface area contributed by atoms with Crippen LogP contribution in [0.3, 0.4) is 0 Å². The quantitative estimate of drug-likeness (QED) is 0.892. The van der Waals surface area contributed by atoms with Gasteiger partial charge in [0.2, 0.25) is 5.91 Å². The lowest BCUT2D eigenvalue weighted by Gasteiger charge is -2.38. The molecule has 1 saturated heterocycles. The minimum Gasteiger partial charge on any atom is -0.445 e. The van der Waals surface area contributed by atoms with Crippen LogP contribution in [0.15, 0.2) is 30.3 Å². The monoisotopic (exact) mass is 331 g/mol. The summed E-state index contributed by atoms with van der Waals surface area (Å²) in [5.41, 5.74) is 6.41. The number of carbonyl (C=O) groups is 2. The van der Waals surface area contributed by atoms with Crippen molar-refractivity contribution >= 4 is 12.0 Å². The van der Waals surface area contributed by atoms with E-state index in [0.717, 1.165) is 31.2 Å². The van der Waals surface area contributed by atoms with Gasteiger partial charge in [-0.05, 0) is 31.2 Å². The van der Waals surface area contributed by atoms with Crippen molar-refractivity contribution in [1.82, 2.24) is 9.80 Å². The SMILES string of the molecule is NCC(=O)N1CCC(N(C(=O)OCc2ccccc2)C2CC2)CC1. The highest BCUT2D eigenvalue weighted by Gasteiger charge is 2.39. The number of amides is 2. The highest BCUT2D eigenvalue weighted by Crippen LogP contribution is 2.32. The largest absolute Gasteiger partial charge is 0.445 e. The Balaban J connectivity index is 1.55. The smallest absolute Gasteiger partial charge is 0.410 e. The van der Waals surface area contributed by atoms with Gasteiger partial charge in [0, 0.05) is 25.2 Å². The highest BCUT2D eigenvalue weighted by atomic mass is 16.6. The number of ether oxygens (including phenoxy) is 1. The molecule has 0 radical (unpaired) electrons. The molecule has 2 fully saturated rings. The number of nitrogens with zero attached hydrogens (tertiary/aromatic N) is 2. The van der Waals surface area contributed by atoms with E-state index in [1.54, 1.807) is 4.90 Å². The predicted octanol–water partition coefficient (Wildman–Crippen LogP) is 1.74. The van der Waals surface area contributed by atoms with Crippen molar-refractivity contribution in [1.29, 1.82) is 0 Å². The number of hydrogen-bond donors (Lipinski definition) is 1. The minimum atomic E-state index is -0.232. The second kappa shape index (κ2) is 7.66. The number of carbonyl (C=O) groups excluding carboxylic acids is 2. The molecule has 1 aliphatic carbocycles. The summed E-state index contributed by atoms with van der Waals surface area (Å²) in [7, 11) is 0. The normalized spacial score (nSPS) is 18.3. The fourth-order valence-electron chi connectivity index (χ4n) is 3.27. The van der Waals surface area contributed by atoms with Crippen molar-refractivity contribution in [2.75, 3.05) is 19.6 Å². The Bertz CT molecular complexity index is 566. The van der Waals surface area contributed by atoms with Crippen LogP contribution in [-0.4, -0.2) is 53.5 Å². The molecule has 0 spiro atoms. The molecule has 1 heterocycles. The maximum absolute atomic E-state index is 12.6. The fraction of sp³-hybridized carbons (Fsp3) is 0.556. The summed E-state index contributed by atoms with van der Waals surface area (Å²) in [6.45, 7) is 1.68. The fourth-order valence-corrected chi connectivity index (χ4v) is 3.27. The first-order valence-corrected chi connectivity index (χ1v) is 8.66. The third kappa shape index (κ3) is 4.06. The van der Waals surface area contributed by atoms with Gasteiger partial charge < -0.3 is 20.3 Å². The summed E-state index contributed by atoms with van der Waals surface area (Å²) in [5, 5.41) is 0. The van der Waals surface area contributed by atoms with Gasteiger partial charge in [0.05, 0.1) is 6.54 Å². The zero-order chi connectivity index (χ0) is 16.9. The zero-order valence-electron chi connectivity index (χ0n) is 13.9. The second-order valence-electron chi connectivity index (χ2n) is 6.49. The molecular formula is C18H25N3O3. The molecule has 1 saturated carbocycles. The lowest BCUT2D eigenvalue weighted by atomic mass is 10.0. The van der Waals surface area contributed by atoms with Crippen molar-refractivity contribution in [2.45, 2.75) is 44.4 Å². The molecule has 0 aromatic heterocycles. The average molecular weight is 331 g/mol. The number of nitrogens with two attached hydrogens (primary N) is 1. The van der Waals surface area contributed by atoms with E-state index in [1.165, 1.54) is 0 Å². The molecule has 24 heavy (non-hydrogen) atoms. The molecule has 2 amide bonds. The van der Waals surface area contributed by atoms with E-state index < -0.39 is 0 Å². The van der Waals surface area contributed by atoms with Crippen LogP contribution in [0.5, 0.6) is 0 Å². The van der Waals surface area contributed by atoms with E-state index in [9.17, 15) is 9.59 Å². The maximum Gasteiger partial charge on any atom is 0.410 e. The average Bonchev–Trinajstić information content (AvgIpc) is 3.46. The van der Waals surface area contributed by atoms with E-state index in [4.69, 9.17) is 10.5 Å². The molecule has 6 nitrogen and oxygen atoms in total. The Kier molecular flexibility index (Phi) is 5.35. The molecule has 2 aliphatic rings. The Hall–Kier alpha value is -2.08. The van der Waals surface area contributed by atoms with Gasteiger partial charge in [-0.2, -0.15) is 0 Å². The third-order valence-electron chi connectivity index (χ3n) is 4.74. The van der Waals surface area contributed by atoms with E-state index in [0.29, 0.717) is 25.7 Å². The number of hydrogen-bond acceptors (Lipinski definition) is 4. The van der Waals surface area contributed by atoms with Crippen molar-refractivity contribution in [3.05, 3.63) is 35.9 Å². The first-order chi connectivity index (χ1) is 11.7. The number of benzene rings is 1. The van der Waals surface area contributed by atoms with E-state index in [2.05, 4.69) is 0 Å². The van der Waals surface area contributed by atoms with Gasteiger partial charge in [-0.1, -0.05) is 30.3 Å². The first-order valence-electron chi connectivity index (χ1n) is 8.66. The van der Waals surface area contributed by atoms with Crippen LogP contribution < -0.4 is 5.73 Å². The Labute approximate surface area is 142 Å². The topological polar surface area (TPSA) is 75.9 Å². The van der Waals surface area contributed by atoms with Crippen LogP contribution in [0.25, 0.3) is 0 Å². The van der Waals surface area contributed by atoms with Crippen LogP contribution in [0.2, 0.25) is 0 Å². The molecule has 1 aromatic carbocycles. The van der Waals surface area contributed by atoms with Gasteiger partial charge in [0.1, 0.15) is 6.61 Å². The first kappa shape index (κ1) is 16.8. The summed E-state index contributed by atoms with van der Waals surface area (Å²) in [6.07, 6.45) is 3.45.